The molecule has 0 aliphatic carbocycles. The third-order valence-electron chi connectivity index (χ3n) is 4.17. The van der Waals surface area contributed by atoms with Crippen LogP contribution in [-0.4, -0.2) is 50.2 Å². The molecular formula is C18H26N2O2. The van der Waals surface area contributed by atoms with Crippen LogP contribution < -0.4 is 4.74 Å². The number of nitrogens with zero attached hydrogens (tertiary/aromatic N) is 1. The molecule has 1 fully saturated rings. The predicted molar refractivity (Wildman–Crippen MR) is 89.6 cm³/mol. The molecule has 0 atom stereocenters. The predicted octanol–water partition coefficient (Wildman–Crippen LogP) is 3.08. The van der Waals surface area contributed by atoms with Crippen LogP contribution in [0.25, 0.3) is 10.9 Å². The van der Waals surface area contributed by atoms with Crippen LogP contribution >= 0.6 is 0 Å². The number of aromatic nitrogens is 1. The van der Waals surface area contributed by atoms with Crippen LogP contribution in [0.15, 0.2) is 24.4 Å². The number of fused-ring (bicyclic) bond motifs is 1. The average molecular weight is 308 g/mol. The number of hydrogen-bond donors (Lipinski definition) is 1. The van der Waals surface area contributed by atoms with Crippen LogP contribution in [-0.2, 0) is 11.2 Å². The van der Waals surface area contributed by atoms with Crippen molar-refractivity contribution in [1.82, 2.24) is 9.88 Å². The molecule has 1 N–H and O–H groups in total. The molecule has 1 aliphatic heterocycles. The Bertz CT molecular complexity index is 766. The Hall–Kier alpha value is -1.52. The highest BCUT2D eigenvalue weighted by Crippen LogP contribution is 2.30. The third kappa shape index (κ3) is 3.62. The van der Waals surface area contributed by atoms with Crippen molar-refractivity contribution in [3.05, 3.63) is 30.0 Å². The van der Waals surface area contributed by atoms with Crippen LogP contribution in [0.4, 0.5) is 0 Å². The molecule has 22 heavy (non-hydrogen) atoms. The summed E-state index contributed by atoms with van der Waals surface area (Å²) in [6.45, 7) is -3.35. The van der Waals surface area contributed by atoms with E-state index < -0.39 is 14.0 Å². The molecule has 1 saturated heterocycles. The van der Waals surface area contributed by atoms with Crippen LogP contribution in [0.3, 0.4) is 0 Å². The molecule has 0 amide bonds. The Morgan fingerprint density at radius 1 is 1.36 bits per heavy atom. The zero-order valence-electron chi connectivity index (χ0n) is 18.6. The van der Waals surface area contributed by atoms with Gasteiger partial charge in [-0.2, -0.15) is 0 Å². The van der Waals surface area contributed by atoms with Gasteiger partial charge in [-0.25, -0.2) is 0 Å². The first-order chi connectivity index (χ1) is 13.2. The number of H-pyrrole nitrogens is 1. The molecule has 0 bridgehead atoms. The maximum atomic E-state index is 7.51. The van der Waals surface area contributed by atoms with Crippen LogP contribution in [0.1, 0.15) is 26.6 Å². The lowest BCUT2D eigenvalue weighted by Crippen LogP contribution is -2.21. The van der Waals surface area contributed by atoms with Crippen molar-refractivity contribution in [2.45, 2.75) is 19.3 Å². The van der Waals surface area contributed by atoms with Gasteiger partial charge in [-0.3, -0.25) is 0 Å². The van der Waals surface area contributed by atoms with Crippen molar-refractivity contribution in [2.24, 2.45) is 5.92 Å². The number of benzene rings is 1. The molecule has 1 aromatic heterocycles. The molecule has 3 rings (SSSR count). The van der Waals surface area contributed by atoms with Gasteiger partial charge < -0.3 is 19.4 Å². The molecule has 2 aromatic rings. The van der Waals surface area contributed by atoms with E-state index in [9.17, 15) is 0 Å². The molecule has 1 aliphatic rings. The van der Waals surface area contributed by atoms with Crippen LogP contribution in [0.5, 0.6) is 5.75 Å². The minimum absolute atomic E-state index is 0.103. The minimum atomic E-state index is -2.68. The Morgan fingerprint density at radius 3 is 3.05 bits per heavy atom. The summed E-state index contributed by atoms with van der Waals surface area (Å²) >= 11 is 0. The summed E-state index contributed by atoms with van der Waals surface area (Å²) in [7, 11) is 0. The van der Waals surface area contributed by atoms with Gasteiger partial charge in [0.15, 0.2) is 0 Å². The summed E-state index contributed by atoms with van der Waals surface area (Å²) < 4.78 is 56.6. The second-order valence-corrected chi connectivity index (χ2v) is 5.76. The fraction of sp³-hybridized carbons (Fsp3) is 0.556. The fourth-order valence-corrected chi connectivity index (χ4v) is 2.89. The summed E-state index contributed by atoms with van der Waals surface area (Å²) in [5.41, 5.74) is 1.73. The van der Waals surface area contributed by atoms with E-state index in [1.165, 1.54) is 0 Å². The van der Waals surface area contributed by atoms with Gasteiger partial charge in [0.05, 0.1) is 6.61 Å². The first-order valence-electron chi connectivity index (χ1n) is 10.7. The summed E-state index contributed by atoms with van der Waals surface area (Å²) in [6, 6.07) is 5.72. The zero-order chi connectivity index (χ0) is 20.4. The number of nitrogens with one attached hydrogen (secondary N) is 1. The van der Waals surface area contributed by atoms with Gasteiger partial charge in [0, 0.05) is 45.1 Å². The van der Waals surface area contributed by atoms with Crippen LogP contribution in [0, 0.1) is 5.92 Å². The first kappa shape index (κ1) is 9.58. The highest BCUT2D eigenvalue weighted by Gasteiger charge is 2.16. The van der Waals surface area contributed by atoms with E-state index in [2.05, 4.69) is 4.98 Å². The van der Waals surface area contributed by atoms with E-state index in [-0.39, 0.29) is 13.0 Å². The number of rotatable bonds is 6. The molecule has 1 aromatic carbocycles. The standard InChI is InChI=1S/C18H26N2O2/c1-20(2)9-6-15-12-19-16-4-3-5-17(18(15)16)22-13-14-7-10-21-11-8-14/h3-5,12,14,19H,6-11,13H2,1-2H3/i1D3,2D3. The van der Waals surface area contributed by atoms with Crippen molar-refractivity contribution in [3.8, 4) is 5.75 Å². The van der Waals surface area contributed by atoms with Gasteiger partial charge in [-0.1, -0.05) is 6.07 Å². The summed E-state index contributed by atoms with van der Waals surface area (Å²) in [5, 5.41) is 0.880. The third-order valence-corrected chi connectivity index (χ3v) is 4.17. The Morgan fingerprint density at radius 2 is 2.23 bits per heavy atom. The molecule has 4 nitrogen and oxygen atoms in total. The molecule has 0 saturated carbocycles. The van der Waals surface area contributed by atoms with Crippen molar-refractivity contribution in [1.29, 1.82) is 0 Å². The SMILES string of the molecule is [2H]C([2H])([2H])N(CCc1c[nH]c2cccc(OCC3CCOCC3)c12)C([2H])([2H])[2H]. The van der Waals surface area contributed by atoms with Crippen molar-refractivity contribution < 1.29 is 17.7 Å². The molecule has 2 heterocycles. The first-order valence-corrected chi connectivity index (χ1v) is 7.73. The van der Waals surface area contributed by atoms with Crippen molar-refractivity contribution in [3.63, 3.8) is 0 Å². The Balaban J connectivity index is 1.76. The van der Waals surface area contributed by atoms with E-state index in [4.69, 9.17) is 17.7 Å². The topological polar surface area (TPSA) is 37.5 Å². The molecule has 120 valence electrons. The van der Waals surface area contributed by atoms with Gasteiger partial charge in [-0.05, 0) is 56.8 Å². The van der Waals surface area contributed by atoms with Crippen molar-refractivity contribution >= 4 is 10.9 Å². The van der Waals surface area contributed by atoms with Crippen LogP contribution in [0.2, 0.25) is 0 Å². The second kappa shape index (κ2) is 7.16. The fourth-order valence-electron chi connectivity index (χ4n) is 2.89. The lowest BCUT2D eigenvalue weighted by molar-refractivity contribution is 0.0500. The van der Waals surface area contributed by atoms with E-state index >= 15 is 0 Å². The van der Waals surface area contributed by atoms with Gasteiger partial charge in [-0.15, -0.1) is 0 Å². The largest absolute Gasteiger partial charge is 0.493 e. The second-order valence-electron chi connectivity index (χ2n) is 5.76. The Labute approximate surface area is 140 Å². The number of ether oxygens (including phenoxy) is 2. The highest BCUT2D eigenvalue weighted by atomic mass is 16.5. The number of likely N-dealkylation sites (N-methyl/N-ethyl adjacent to an activating group) is 1. The van der Waals surface area contributed by atoms with Crippen molar-refractivity contribution in [2.75, 3.05) is 40.3 Å². The summed E-state index contributed by atoms with van der Waals surface area (Å²) in [5.74, 6) is 1.18. The molecule has 0 spiro atoms. The monoisotopic (exact) mass is 308 g/mol. The maximum absolute atomic E-state index is 7.51. The van der Waals surface area contributed by atoms with E-state index in [0.717, 1.165) is 48.3 Å². The van der Waals surface area contributed by atoms with E-state index in [1.807, 2.05) is 18.2 Å². The van der Waals surface area contributed by atoms with Gasteiger partial charge >= 0.3 is 0 Å². The van der Waals surface area contributed by atoms with E-state index in [0.29, 0.717) is 17.4 Å². The van der Waals surface area contributed by atoms with Gasteiger partial charge in [0.25, 0.3) is 0 Å². The lowest BCUT2D eigenvalue weighted by Gasteiger charge is -2.22. The normalized spacial score (nSPS) is 21.7. The van der Waals surface area contributed by atoms with Gasteiger partial charge in [0.1, 0.15) is 5.75 Å². The zero-order valence-corrected chi connectivity index (χ0v) is 12.6. The minimum Gasteiger partial charge on any atom is -0.493 e. The maximum Gasteiger partial charge on any atom is 0.128 e. The van der Waals surface area contributed by atoms with E-state index in [1.54, 1.807) is 6.20 Å². The van der Waals surface area contributed by atoms with Gasteiger partial charge in [0.2, 0.25) is 0 Å². The molecule has 4 heteroatoms. The number of aromatic amines is 1. The smallest absolute Gasteiger partial charge is 0.128 e. The quantitative estimate of drug-likeness (QED) is 0.891. The average Bonchev–Trinajstić information content (AvgIpc) is 3.02. The lowest BCUT2D eigenvalue weighted by atomic mass is 10.0. The molecule has 0 unspecified atom stereocenters. The summed E-state index contributed by atoms with van der Waals surface area (Å²) in [6.07, 6.45) is 4.03. The molecular weight excluding hydrogens is 276 g/mol. The summed E-state index contributed by atoms with van der Waals surface area (Å²) in [4.78, 5) is 3.76. The number of hydrogen-bond acceptors (Lipinski definition) is 3. The highest BCUT2D eigenvalue weighted by molar-refractivity contribution is 5.89. The molecule has 0 radical (unpaired) electrons. The Kier molecular flexibility index (Phi) is 3.12.